The number of carbonyl (C=O) groups is 2. The van der Waals surface area contributed by atoms with Gasteiger partial charge in [-0.05, 0) is 79.3 Å². The number of amides is 1. The van der Waals surface area contributed by atoms with Crippen LogP contribution in [-0.2, 0) is 16.0 Å². The van der Waals surface area contributed by atoms with Crippen molar-refractivity contribution in [1.29, 1.82) is 0 Å². The summed E-state index contributed by atoms with van der Waals surface area (Å²) >= 11 is 0. The topological polar surface area (TPSA) is 64.6 Å². The molecule has 224 valence electrons. The SMILES string of the molecule is CC(C)(C)OC(=O)CCNC(=O)c1ccc(C[C@@H](c2ccccc2)c2cccc(-c3ccc(OC(F)(F)F)cc3)c2)cc1. The summed E-state index contributed by atoms with van der Waals surface area (Å²) in [6.45, 7) is 5.56. The Hall–Kier alpha value is -4.59. The van der Waals surface area contributed by atoms with Crippen molar-refractivity contribution in [1.82, 2.24) is 5.32 Å². The van der Waals surface area contributed by atoms with Gasteiger partial charge in [-0.15, -0.1) is 13.2 Å². The predicted molar refractivity (Wildman–Crippen MR) is 160 cm³/mol. The molecule has 0 fully saturated rings. The van der Waals surface area contributed by atoms with Crippen LogP contribution in [0.3, 0.4) is 0 Å². The van der Waals surface area contributed by atoms with E-state index < -0.39 is 12.0 Å². The highest BCUT2D eigenvalue weighted by Crippen LogP contribution is 2.33. The van der Waals surface area contributed by atoms with Gasteiger partial charge in [-0.1, -0.05) is 78.9 Å². The first-order valence-corrected chi connectivity index (χ1v) is 14.0. The lowest BCUT2D eigenvalue weighted by molar-refractivity contribution is -0.274. The number of hydrogen-bond acceptors (Lipinski definition) is 4. The van der Waals surface area contributed by atoms with E-state index in [0.717, 1.165) is 27.8 Å². The van der Waals surface area contributed by atoms with E-state index in [1.54, 1.807) is 45.0 Å². The molecule has 0 aromatic heterocycles. The highest BCUT2D eigenvalue weighted by molar-refractivity contribution is 5.94. The number of nitrogens with one attached hydrogen (secondary N) is 1. The molecular formula is C35H34F3NO4. The average molecular weight is 590 g/mol. The van der Waals surface area contributed by atoms with Crippen molar-refractivity contribution in [2.75, 3.05) is 6.54 Å². The number of esters is 1. The number of hydrogen-bond donors (Lipinski definition) is 1. The summed E-state index contributed by atoms with van der Waals surface area (Å²) in [6.07, 6.45) is -4.00. The molecule has 0 heterocycles. The maximum Gasteiger partial charge on any atom is 0.573 e. The molecule has 0 radical (unpaired) electrons. The van der Waals surface area contributed by atoms with Gasteiger partial charge in [-0.25, -0.2) is 0 Å². The molecule has 1 N–H and O–H groups in total. The van der Waals surface area contributed by atoms with Crippen LogP contribution in [0.4, 0.5) is 13.2 Å². The van der Waals surface area contributed by atoms with Gasteiger partial charge in [0.2, 0.25) is 0 Å². The normalized spacial score (nSPS) is 12.3. The second kappa shape index (κ2) is 13.6. The van der Waals surface area contributed by atoms with Crippen LogP contribution < -0.4 is 10.1 Å². The first-order valence-electron chi connectivity index (χ1n) is 14.0. The zero-order valence-electron chi connectivity index (χ0n) is 24.3. The van der Waals surface area contributed by atoms with E-state index >= 15 is 0 Å². The fourth-order valence-electron chi connectivity index (χ4n) is 4.70. The third kappa shape index (κ3) is 9.74. The van der Waals surface area contributed by atoms with Crippen molar-refractivity contribution in [2.45, 2.75) is 51.5 Å². The van der Waals surface area contributed by atoms with Crippen LogP contribution in [-0.4, -0.2) is 30.4 Å². The van der Waals surface area contributed by atoms with Gasteiger partial charge in [0, 0.05) is 18.0 Å². The third-order valence-electron chi connectivity index (χ3n) is 6.60. The second-order valence-electron chi connectivity index (χ2n) is 11.2. The molecule has 8 heteroatoms. The molecule has 1 atom stereocenters. The summed E-state index contributed by atoms with van der Waals surface area (Å²) < 4.78 is 47.0. The number of halogens is 3. The lowest BCUT2D eigenvalue weighted by Crippen LogP contribution is -2.29. The van der Waals surface area contributed by atoms with Gasteiger partial charge in [0.05, 0.1) is 6.42 Å². The van der Waals surface area contributed by atoms with Crippen LogP contribution in [0.2, 0.25) is 0 Å². The molecule has 0 saturated carbocycles. The van der Waals surface area contributed by atoms with Gasteiger partial charge in [0.15, 0.2) is 0 Å². The summed E-state index contributed by atoms with van der Waals surface area (Å²) in [5.74, 6) is -0.919. The van der Waals surface area contributed by atoms with E-state index in [1.807, 2.05) is 54.6 Å². The lowest BCUT2D eigenvalue weighted by atomic mass is 9.84. The molecule has 0 bridgehead atoms. The van der Waals surface area contributed by atoms with E-state index in [9.17, 15) is 22.8 Å². The molecule has 5 nitrogen and oxygen atoms in total. The number of carbonyl (C=O) groups excluding carboxylic acids is 2. The Bertz CT molecular complexity index is 1510. The summed E-state index contributed by atoms with van der Waals surface area (Å²) in [6, 6.07) is 31.2. The Balaban J connectivity index is 1.48. The zero-order chi connectivity index (χ0) is 31.0. The molecule has 0 aliphatic heterocycles. The fourth-order valence-corrected chi connectivity index (χ4v) is 4.70. The quantitative estimate of drug-likeness (QED) is 0.190. The summed E-state index contributed by atoms with van der Waals surface area (Å²) in [7, 11) is 0. The average Bonchev–Trinajstić information content (AvgIpc) is 2.95. The highest BCUT2D eigenvalue weighted by atomic mass is 19.4. The van der Waals surface area contributed by atoms with Crippen LogP contribution in [0.1, 0.15) is 60.2 Å². The van der Waals surface area contributed by atoms with Crippen molar-refractivity contribution in [3.63, 3.8) is 0 Å². The maximum absolute atomic E-state index is 12.6. The van der Waals surface area contributed by atoms with Gasteiger partial charge < -0.3 is 14.8 Å². The third-order valence-corrected chi connectivity index (χ3v) is 6.60. The van der Waals surface area contributed by atoms with Crippen LogP contribution >= 0.6 is 0 Å². The molecular weight excluding hydrogens is 555 g/mol. The summed E-state index contributed by atoms with van der Waals surface area (Å²) in [5.41, 5.74) is 4.74. The van der Waals surface area contributed by atoms with Crippen LogP contribution in [0.25, 0.3) is 11.1 Å². The Morgan fingerprint density at radius 3 is 2.05 bits per heavy atom. The molecule has 0 unspecified atom stereocenters. The van der Waals surface area contributed by atoms with Gasteiger partial charge >= 0.3 is 12.3 Å². The standard InChI is InChI=1S/C35H34F3NO4/c1-34(2,3)43-32(40)20-21-39-33(41)27-14-12-24(13-15-27)22-31(26-8-5-4-6-9-26)29-11-7-10-28(23-29)25-16-18-30(19-17-25)42-35(36,37)38/h4-19,23,31H,20-22H2,1-3H3,(H,39,41)/t31-/m0/s1. The van der Waals surface area contributed by atoms with Crippen molar-refractivity contribution in [3.8, 4) is 16.9 Å². The molecule has 0 aliphatic rings. The van der Waals surface area contributed by atoms with E-state index in [4.69, 9.17) is 4.74 Å². The lowest BCUT2D eigenvalue weighted by Gasteiger charge is -2.20. The first kappa shape index (κ1) is 31.3. The molecule has 0 saturated heterocycles. The predicted octanol–water partition coefficient (Wildman–Crippen LogP) is 8.09. The van der Waals surface area contributed by atoms with Crippen LogP contribution in [0.15, 0.2) is 103 Å². The minimum atomic E-state index is -4.74. The molecule has 0 spiro atoms. The second-order valence-corrected chi connectivity index (χ2v) is 11.2. The molecule has 43 heavy (non-hydrogen) atoms. The van der Waals surface area contributed by atoms with E-state index in [1.165, 1.54) is 12.1 Å². The fraction of sp³-hybridized carbons (Fsp3) is 0.257. The number of alkyl halides is 3. The van der Waals surface area contributed by atoms with Gasteiger partial charge in [0.1, 0.15) is 11.4 Å². The van der Waals surface area contributed by atoms with E-state index in [2.05, 4.69) is 22.2 Å². The zero-order valence-corrected chi connectivity index (χ0v) is 24.3. The minimum Gasteiger partial charge on any atom is -0.460 e. The minimum absolute atomic E-state index is 0.0116. The molecule has 4 aromatic carbocycles. The largest absolute Gasteiger partial charge is 0.573 e. The molecule has 1 amide bonds. The highest BCUT2D eigenvalue weighted by Gasteiger charge is 2.31. The van der Waals surface area contributed by atoms with Crippen molar-refractivity contribution in [2.24, 2.45) is 0 Å². The number of ether oxygens (including phenoxy) is 2. The Morgan fingerprint density at radius 2 is 1.42 bits per heavy atom. The number of rotatable bonds is 10. The van der Waals surface area contributed by atoms with E-state index in [-0.39, 0.29) is 36.5 Å². The summed E-state index contributed by atoms with van der Waals surface area (Å²) in [4.78, 5) is 24.5. The van der Waals surface area contributed by atoms with Crippen LogP contribution in [0.5, 0.6) is 5.75 Å². The first-order chi connectivity index (χ1) is 20.4. The maximum atomic E-state index is 12.6. The Labute approximate surface area is 249 Å². The van der Waals surface area contributed by atoms with Crippen molar-refractivity contribution < 1.29 is 32.2 Å². The Kier molecular flexibility index (Phi) is 9.91. The van der Waals surface area contributed by atoms with Gasteiger partial charge in [-0.2, -0.15) is 0 Å². The van der Waals surface area contributed by atoms with E-state index in [0.29, 0.717) is 12.0 Å². The van der Waals surface area contributed by atoms with Crippen LogP contribution in [0, 0.1) is 0 Å². The number of benzene rings is 4. The molecule has 4 rings (SSSR count). The smallest absolute Gasteiger partial charge is 0.460 e. The molecule has 4 aromatic rings. The van der Waals surface area contributed by atoms with Crippen molar-refractivity contribution in [3.05, 3.63) is 125 Å². The summed E-state index contributed by atoms with van der Waals surface area (Å²) in [5, 5.41) is 2.76. The van der Waals surface area contributed by atoms with Gasteiger partial charge in [-0.3, -0.25) is 9.59 Å². The van der Waals surface area contributed by atoms with Crippen molar-refractivity contribution >= 4 is 11.9 Å². The molecule has 0 aliphatic carbocycles. The Morgan fingerprint density at radius 1 is 0.767 bits per heavy atom. The van der Waals surface area contributed by atoms with Gasteiger partial charge in [0.25, 0.3) is 5.91 Å². The monoisotopic (exact) mass is 589 g/mol.